The summed E-state index contributed by atoms with van der Waals surface area (Å²) in [6.45, 7) is 0.351. The monoisotopic (exact) mass is 237 g/mol. The van der Waals surface area contributed by atoms with Crippen molar-refractivity contribution in [3.8, 4) is 0 Å². The van der Waals surface area contributed by atoms with Gasteiger partial charge in [-0.2, -0.15) is 0 Å². The summed E-state index contributed by atoms with van der Waals surface area (Å²) in [7, 11) is 1.33. The molecule has 0 aliphatic carbocycles. The molecule has 0 spiro atoms. The second-order valence-electron chi connectivity index (χ2n) is 3.96. The highest BCUT2D eigenvalue weighted by atomic mass is 16.5. The Hall–Kier alpha value is -1.39. The van der Waals surface area contributed by atoms with E-state index in [9.17, 15) is 9.90 Å². The highest BCUT2D eigenvalue weighted by Gasteiger charge is 2.27. The molecule has 0 bridgehead atoms. The fraction of sp³-hybridized carbons (Fsp3) is 0.462. The molecule has 17 heavy (non-hydrogen) atoms. The number of rotatable bonds is 6. The molecule has 0 aliphatic rings. The molecule has 0 saturated heterocycles. The Bertz CT molecular complexity index is 340. The quantitative estimate of drug-likeness (QED) is 0.715. The van der Waals surface area contributed by atoms with Gasteiger partial charge in [-0.25, -0.2) is 0 Å². The summed E-state index contributed by atoms with van der Waals surface area (Å²) in [4.78, 5) is 11.6. The Morgan fingerprint density at radius 3 is 2.59 bits per heavy atom. The lowest BCUT2D eigenvalue weighted by molar-refractivity contribution is -0.149. The van der Waals surface area contributed by atoms with Crippen molar-refractivity contribution in [2.24, 2.45) is 11.7 Å². The molecule has 0 amide bonds. The Morgan fingerprint density at radius 1 is 1.41 bits per heavy atom. The van der Waals surface area contributed by atoms with Crippen molar-refractivity contribution >= 4 is 5.97 Å². The fourth-order valence-electron chi connectivity index (χ4n) is 1.77. The van der Waals surface area contributed by atoms with Gasteiger partial charge in [0.15, 0.2) is 0 Å². The Labute approximate surface area is 101 Å². The average Bonchev–Trinajstić information content (AvgIpc) is 2.36. The Kier molecular flexibility index (Phi) is 5.66. The number of methoxy groups -OCH3 is 1. The van der Waals surface area contributed by atoms with Crippen LogP contribution in [0.1, 0.15) is 12.0 Å². The lowest BCUT2D eigenvalue weighted by Crippen LogP contribution is -2.32. The summed E-state index contributed by atoms with van der Waals surface area (Å²) in [5, 5.41) is 9.89. The highest BCUT2D eigenvalue weighted by Crippen LogP contribution is 2.16. The zero-order chi connectivity index (χ0) is 12.7. The minimum absolute atomic E-state index is 0.351. The van der Waals surface area contributed by atoms with Crippen LogP contribution in [-0.2, 0) is 16.0 Å². The molecule has 94 valence electrons. The zero-order valence-electron chi connectivity index (χ0n) is 10.0. The molecule has 0 unspecified atom stereocenters. The van der Waals surface area contributed by atoms with Crippen molar-refractivity contribution in [2.45, 2.75) is 18.9 Å². The average molecular weight is 237 g/mol. The van der Waals surface area contributed by atoms with Crippen molar-refractivity contribution in [3.63, 3.8) is 0 Å². The van der Waals surface area contributed by atoms with Gasteiger partial charge in [0.2, 0.25) is 0 Å². The SMILES string of the molecule is COC(=O)[C@H](Cc1ccccc1)[C@H](O)CCN. The normalized spacial score (nSPS) is 14.1. The van der Waals surface area contributed by atoms with Crippen LogP contribution in [0.15, 0.2) is 30.3 Å². The molecule has 1 aromatic carbocycles. The third-order valence-corrected chi connectivity index (χ3v) is 2.73. The lowest BCUT2D eigenvalue weighted by Gasteiger charge is -2.20. The van der Waals surface area contributed by atoms with Crippen molar-refractivity contribution in [3.05, 3.63) is 35.9 Å². The summed E-state index contributed by atoms with van der Waals surface area (Å²) in [6.07, 6.45) is 0.106. The van der Waals surface area contributed by atoms with Crippen LogP contribution in [0.3, 0.4) is 0 Å². The number of carbonyl (C=O) groups is 1. The third-order valence-electron chi connectivity index (χ3n) is 2.73. The van der Waals surface area contributed by atoms with Gasteiger partial charge in [-0.05, 0) is 24.9 Å². The van der Waals surface area contributed by atoms with Crippen LogP contribution in [0.4, 0.5) is 0 Å². The van der Waals surface area contributed by atoms with Gasteiger partial charge in [-0.1, -0.05) is 30.3 Å². The van der Waals surface area contributed by atoms with Gasteiger partial charge in [0.05, 0.1) is 19.1 Å². The van der Waals surface area contributed by atoms with Crippen LogP contribution in [0, 0.1) is 5.92 Å². The molecular weight excluding hydrogens is 218 g/mol. The molecule has 1 rings (SSSR count). The molecule has 4 heteroatoms. The first-order chi connectivity index (χ1) is 8.19. The Balaban J connectivity index is 2.73. The van der Waals surface area contributed by atoms with Crippen LogP contribution >= 0.6 is 0 Å². The van der Waals surface area contributed by atoms with E-state index in [1.54, 1.807) is 0 Å². The van der Waals surface area contributed by atoms with Crippen LogP contribution < -0.4 is 5.73 Å². The van der Waals surface area contributed by atoms with Crippen molar-refractivity contribution in [1.29, 1.82) is 0 Å². The van der Waals surface area contributed by atoms with Gasteiger partial charge in [0.25, 0.3) is 0 Å². The van der Waals surface area contributed by atoms with E-state index in [-0.39, 0.29) is 0 Å². The molecule has 4 nitrogen and oxygen atoms in total. The molecule has 0 radical (unpaired) electrons. The first-order valence-corrected chi connectivity index (χ1v) is 5.69. The summed E-state index contributed by atoms with van der Waals surface area (Å²) in [6, 6.07) is 9.56. The number of benzene rings is 1. The summed E-state index contributed by atoms with van der Waals surface area (Å²) in [5.41, 5.74) is 6.39. The van der Waals surface area contributed by atoms with E-state index in [0.29, 0.717) is 19.4 Å². The fourth-order valence-corrected chi connectivity index (χ4v) is 1.77. The van der Waals surface area contributed by atoms with E-state index in [0.717, 1.165) is 5.56 Å². The summed E-state index contributed by atoms with van der Waals surface area (Å²) < 4.78 is 4.71. The smallest absolute Gasteiger partial charge is 0.311 e. The van der Waals surface area contributed by atoms with Crippen molar-refractivity contribution in [2.75, 3.05) is 13.7 Å². The van der Waals surface area contributed by atoms with E-state index in [1.165, 1.54) is 7.11 Å². The molecule has 3 N–H and O–H groups in total. The predicted molar refractivity (Wildman–Crippen MR) is 65.3 cm³/mol. The van der Waals surface area contributed by atoms with E-state index in [2.05, 4.69) is 0 Å². The molecular formula is C13H19NO3. The minimum Gasteiger partial charge on any atom is -0.469 e. The molecule has 0 aromatic heterocycles. The van der Waals surface area contributed by atoms with Gasteiger partial charge in [-0.15, -0.1) is 0 Å². The summed E-state index contributed by atoms with van der Waals surface area (Å²) in [5.74, 6) is -0.944. The number of aliphatic hydroxyl groups excluding tert-OH is 1. The van der Waals surface area contributed by atoms with Gasteiger partial charge in [0.1, 0.15) is 0 Å². The minimum atomic E-state index is -0.757. The van der Waals surface area contributed by atoms with Crippen molar-refractivity contribution < 1.29 is 14.6 Å². The van der Waals surface area contributed by atoms with Gasteiger partial charge in [-0.3, -0.25) is 4.79 Å². The highest BCUT2D eigenvalue weighted by molar-refractivity contribution is 5.73. The molecule has 0 aliphatic heterocycles. The van der Waals surface area contributed by atoms with E-state index in [4.69, 9.17) is 10.5 Å². The van der Waals surface area contributed by atoms with Crippen LogP contribution in [0.25, 0.3) is 0 Å². The van der Waals surface area contributed by atoms with E-state index < -0.39 is 18.0 Å². The largest absolute Gasteiger partial charge is 0.469 e. The standard InChI is InChI=1S/C13H19NO3/c1-17-13(16)11(12(15)7-8-14)9-10-5-3-2-4-6-10/h2-6,11-12,15H,7-9,14H2,1H3/t11-,12-/m1/s1. The van der Waals surface area contributed by atoms with Crippen molar-refractivity contribution in [1.82, 2.24) is 0 Å². The van der Waals surface area contributed by atoms with E-state index >= 15 is 0 Å². The third kappa shape index (κ3) is 4.17. The molecule has 0 saturated carbocycles. The predicted octanol–water partition coefficient (Wildman–Crippen LogP) is 0.728. The second-order valence-corrected chi connectivity index (χ2v) is 3.96. The topological polar surface area (TPSA) is 72.5 Å². The number of carbonyl (C=O) groups excluding carboxylic acids is 1. The first kappa shape index (κ1) is 13.7. The Morgan fingerprint density at radius 2 is 2.06 bits per heavy atom. The molecule has 2 atom stereocenters. The van der Waals surface area contributed by atoms with Gasteiger partial charge < -0.3 is 15.6 Å². The lowest BCUT2D eigenvalue weighted by atomic mass is 9.92. The molecule has 0 heterocycles. The number of hydrogen-bond acceptors (Lipinski definition) is 4. The van der Waals surface area contributed by atoms with Gasteiger partial charge in [0, 0.05) is 0 Å². The maximum atomic E-state index is 11.6. The number of esters is 1. The van der Waals surface area contributed by atoms with Crippen LogP contribution in [0.2, 0.25) is 0 Å². The summed E-state index contributed by atoms with van der Waals surface area (Å²) >= 11 is 0. The van der Waals surface area contributed by atoms with Crippen LogP contribution in [-0.4, -0.2) is 30.8 Å². The van der Waals surface area contributed by atoms with E-state index in [1.807, 2.05) is 30.3 Å². The van der Waals surface area contributed by atoms with Gasteiger partial charge >= 0.3 is 5.97 Å². The maximum absolute atomic E-state index is 11.6. The molecule has 0 fully saturated rings. The number of nitrogens with two attached hydrogens (primary N) is 1. The number of ether oxygens (including phenoxy) is 1. The second kappa shape index (κ2) is 7.04. The number of aliphatic hydroxyl groups is 1. The number of hydrogen-bond donors (Lipinski definition) is 2. The zero-order valence-corrected chi connectivity index (χ0v) is 10.0. The van der Waals surface area contributed by atoms with Crippen LogP contribution in [0.5, 0.6) is 0 Å². The molecule has 1 aromatic rings. The maximum Gasteiger partial charge on any atom is 0.311 e. The first-order valence-electron chi connectivity index (χ1n) is 5.69.